The van der Waals surface area contributed by atoms with Crippen molar-refractivity contribution in [2.45, 2.75) is 50.8 Å². The zero-order valence-electron chi connectivity index (χ0n) is 12.0. The number of aliphatic hydroxyl groups is 1. The molecule has 3 nitrogen and oxygen atoms in total. The van der Waals surface area contributed by atoms with Gasteiger partial charge in [-0.25, -0.2) is 4.39 Å². The van der Waals surface area contributed by atoms with E-state index in [2.05, 4.69) is 10.2 Å². The first-order valence-corrected chi connectivity index (χ1v) is 7.53. The molecule has 1 aliphatic carbocycles. The Kier molecular flexibility index (Phi) is 3.69. The van der Waals surface area contributed by atoms with Gasteiger partial charge in [-0.05, 0) is 44.7 Å². The van der Waals surface area contributed by atoms with Crippen molar-refractivity contribution in [3.63, 3.8) is 0 Å². The van der Waals surface area contributed by atoms with Crippen molar-refractivity contribution in [3.8, 4) is 0 Å². The van der Waals surface area contributed by atoms with Crippen LogP contribution in [0.1, 0.15) is 38.2 Å². The topological polar surface area (TPSA) is 35.5 Å². The van der Waals surface area contributed by atoms with Crippen molar-refractivity contribution in [1.29, 1.82) is 0 Å². The Morgan fingerprint density at radius 3 is 2.70 bits per heavy atom. The predicted octanol–water partition coefficient (Wildman–Crippen LogP) is 2.43. The summed E-state index contributed by atoms with van der Waals surface area (Å²) >= 11 is 0. The Morgan fingerprint density at radius 2 is 2.05 bits per heavy atom. The molecule has 2 N–H and O–H groups in total. The highest BCUT2D eigenvalue weighted by atomic mass is 19.1. The molecule has 1 aliphatic heterocycles. The molecule has 4 heteroatoms. The summed E-state index contributed by atoms with van der Waals surface area (Å²) in [5.41, 5.74) is 1.17. The summed E-state index contributed by atoms with van der Waals surface area (Å²) in [6, 6.07) is 5.88. The van der Waals surface area contributed by atoms with Gasteiger partial charge in [-0.15, -0.1) is 0 Å². The van der Waals surface area contributed by atoms with Crippen molar-refractivity contribution in [1.82, 2.24) is 5.32 Å². The largest absolute Gasteiger partial charge is 0.390 e. The van der Waals surface area contributed by atoms with Gasteiger partial charge in [0.2, 0.25) is 0 Å². The van der Waals surface area contributed by atoms with E-state index in [0.717, 1.165) is 37.2 Å². The zero-order valence-corrected chi connectivity index (χ0v) is 12.0. The van der Waals surface area contributed by atoms with E-state index in [1.54, 1.807) is 6.07 Å². The molecule has 2 aliphatic rings. The van der Waals surface area contributed by atoms with E-state index in [4.69, 9.17) is 0 Å². The maximum atomic E-state index is 14.1. The maximum absolute atomic E-state index is 14.1. The van der Waals surface area contributed by atoms with Gasteiger partial charge in [-0.2, -0.15) is 0 Å². The van der Waals surface area contributed by atoms with E-state index in [9.17, 15) is 9.50 Å². The molecule has 1 aromatic rings. The first-order valence-electron chi connectivity index (χ1n) is 7.53. The molecule has 0 unspecified atom stereocenters. The minimum atomic E-state index is -0.573. The molecule has 110 valence electrons. The Hall–Kier alpha value is -1.13. The summed E-state index contributed by atoms with van der Waals surface area (Å²) in [5, 5.41) is 13.4. The van der Waals surface area contributed by atoms with Crippen LogP contribution in [0.4, 0.5) is 10.1 Å². The molecule has 1 saturated heterocycles. The number of anilines is 1. The van der Waals surface area contributed by atoms with Crippen LogP contribution >= 0.6 is 0 Å². The van der Waals surface area contributed by atoms with Crippen molar-refractivity contribution >= 4 is 5.69 Å². The summed E-state index contributed by atoms with van der Waals surface area (Å²) in [5.74, 6) is -0.131. The number of rotatable bonds is 4. The van der Waals surface area contributed by atoms with Crippen LogP contribution in [0.15, 0.2) is 18.2 Å². The first-order chi connectivity index (χ1) is 9.55. The van der Waals surface area contributed by atoms with Crippen molar-refractivity contribution in [2.24, 2.45) is 0 Å². The summed E-state index contributed by atoms with van der Waals surface area (Å²) in [6.07, 6.45) is 3.88. The van der Waals surface area contributed by atoms with Crippen LogP contribution in [0.3, 0.4) is 0 Å². The van der Waals surface area contributed by atoms with E-state index < -0.39 is 5.60 Å². The Bertz CT molecular complexity index is 475. The molecule has 0 bridgehead atoms. The van der Waals surface area contributed by atoms with Crippen LogP contribution < -0.4 is 10.2 Å². The molecule has 0 spiro atoms. The van der Waals surface area contributed by atoms with Crippen LogP contribution in [-0.2, 0) is 6.54 Å². The molecule has 3 rings (SSSR count). The maximum Gasteiger partial charge on any atom is 0.129 e. The van der Waals surface area contributed by atoms with Gasteiger partial charge in [0, 0.05) is 36.9 Å². The summed E-state index contributed by atoms with van der Waals surface area (Å²) < 4.78 is 14.1. The van der Waals surface area contributed by atoms with Gasteiger partial charge in [0.1, 0.15) is 5.82 Å². The lowest BCUT2D eigenvalue weighted by molar-refractivity contribution is 0.0351. The molecular formula is C16H23FN2O. The van der Waals surface area contributed by atoms with E-state index in [1.807, 2.05) is 13.0 Å². The fourth-order valence-corrected chi connectivity index (χ4v) is 2.78. The molecule has 20 heavy (non-hydrogen) atoms. The second-order valence-corrected chi connectivity index (χ2v) is 6.38. The molecular weight excluding hydrogens is 255 g/mol. The number of hydrogen-bond acceptors (Lipinski definition) is 3. The molecule has 0 aromatic heterocycles. The fourth-order valence-electron chi connectivity index (χ4n) is 2.78. The Labute approximate surface area is 119 Å². The van der Waals surface area contributed by atoms with Crippen LogP contribution in [-0.4, -0.2) is 29.8 Å². The molecule has 0 radical (unpaired) electrons. The number of nitrogens with zero attached hydrogens (tertiary/aromatic N) is 1. The number of benzene rings is 1. The van der Waals surface area contributed by atoms with Gasteiger partial charge in [-0.3, -0.25) is 0 Å². The molecule has 2 fully saturated rings. The number of halogens is 1. The first kappa shape index (κ1) is 13.8. The molecule has 1 saturated carbocycles. The predicted molar refractivity (Wildman–Crippen MR) is 78.3 cm³/mol. The van der Waals surface area contributed by atoms with Crippen LogP contribution in [0.2, 0.25) is 0 Å². The fraction of sp³-hybridized carbons (Fsp3) is 0.625. The summed E-state index contributed by atoms with van der Waals surface area (Å²) in [7, 11) is 0. The monoisotopic (exact) mass is 278 g/mol. The van der Waals surface area contributed by atoms with Gasteiger partial charge in [0.15, 0.2) is 0 Å². The standard InChI is InChI=1S/C16H23FN2O/c1-16(20)7-9-19(10-8-16)15-4-2-3-14(17)13(15)11-18-12-5-6-12/h2-4,12,18,20H,5-11H2,1H3. The second kappa shape index (κ2) is 5.34. The van der Waals surface area contributed by atoms with E-state index in [1.165, 1.54) is 18.9 Å². The van der Waals surface area contributed by atoms with Gasteiger partial charge < -0.3 is 15.3 Å². The minimum Gasteiger partial charge on any atom is -0.390 e. The lowest BCUT2D eigenvalue weighted by Gasteiger charge is -2.38. The molecule has 0 amide bonds. The van der Waals surface area contributed by atoms with Crippen LogP contribution in [0.25, 0.3) is 0 Å². The SMILES string of the molecule is CC1(O)CCN(c2cccc(F)c2CNC2CC2)CC1. The Balaban J connectivity index is 1.75. The zero-order chi connectivity index (χ0) is 14.2. The number of piperidine rings is 1. The smallest absolute Gasteiger partial charge is 0.129 e. The molecule has 1 aromatic carbocycles. The van der Waals surface area contributed by atoms with Gasteiger partial charge >= 0.3 is 0 Å². The number of nitrogens with one attached hydrogen (secondary N) is 1. The Morgan fingerprint density at radius 1 is 1.35 bits per heavy atom. The highest BCUT2D eigenvalue weighted by Crippen LogP contribution is 2.30. The summed E-state index contributed by atoms with van der Waals surface area (Å²) in [4.78, 5) is 2.20. The van der Waals surface area contributed by atoms with Gasteiger partial charge in [0.05, 0.1) is 5.60 Å². The van der Waals surface area contributed by atoms with Gasteiger partial charge in [-0.1, -0.05) is 6.07 Å². The van der Waals surface area contributed by atoms with Crippen molar-refractivity contribution in [2.75, 3.05) is 18.0 Å². The van der Waals surface area contributed by atoms with E-state index >= 15 is 0 Å². The minimum absolute atomic E-state index is 0.131. The molecule has 0 atom stereocenters. The van der Waals surface area contributed by atoms with E-state index in [-0.39, 0.29) is 5.82 Å². The molecule has 1 heterocycles. The highest BCUT2D eigenvalue weighted by Gasteiger charge is 2.29. The third-order valence-corrected chi connectivity index (χ3v) is 4.42. The quantitative estimate of drug-likeness (QED) is 0.888. The van der Waals surface area contributed by atoms with Crippen LogP contribution in [0.5, 0.6) is 0 Å². The van der Waals surface area contributed by atoms with E-state index in [0.29, 0.717) is 12.6 Å². The third-order valence-electron chi connectivity index (χ3n) is 4.42. The van der Waals surface area contributed by atoms with Crippen molar-refractivity contribution < 1.29 is 9.50 Å². The van der Waals surface area contributed by atoms with Crippen LogP contribution in [0, 0.1) is 5.82 Å². The second-order valence-electron chi connectivity index (χ2n) is 6.38. The average Bonchev–Trinajstić information content (AvgIpc) is 3.21. The normalized spacial score (nSPS) is 22.1. The lowest BCUT2D eigenvalue weighted by Crippen LogP contribution is -2.43. The third kappa shape index (κ3) is 3.13. The highest BCUT2D eigenvalue weighted by molar-refractivity contribution is 5.54. The average molecular weight is 278 g/mol. The summed E-state index contributed by atoms with van der Waals surface area (Å²) in [6.45, 7) is 4.05. The van der Waals surface area contributed by atoms with Gasteiger partial charge in [0.25, 0.3) is 0 Å². The lowest BCUT2D eigenvalue weighted by atomic mass is 9.93. The number of hydrogen-bond donors (Lipinski definition) is 2. The van der Waals surface area contributed by atoms with Crippen molar-refractivity contribution in [3.05, 3.63) is 29.6 Å².